The lowest BCUT2D eigenvalue weighted by Crippen LogP contribution is -2.37. The molecule has 2 aromatic heterocycles. The molecule has 0 spiro atoms. The first kappa shape index (κ1) is 11.0. The molecule has 90 valence electrons. The number of thiophene rings is 1. The van der Waals surface area contributed by atoms with Crippen LogP contribution in [0.1, 0.15) is 19.3 Å². The van der Waals surface area contributed by atoms with Gasteiger partial charge in [0.05, 0.1) is 12.2 Å². The van der Waals surface area contributed by atoms with E-state index in [4.69, 9.17) is 0 Å². The van der Waals surface area contributed by atoms with Crippen molar-refractivity contribution in [1.82, 2.24) is 15.1 Å². The van der Waals surface area contributed by atoms with E-state index in [1.807, 2.05) is 0 Å². The van der Waals surface area contributed by atoms with Crippen molar-refractivity contribution in [1.29, 1.82) is 0 Å². The number of nitrogens with zero attached hydrogens (tertiary/aromatic N) is 2. The number of nitrogens with one attached hydrogen (secondary N) is 1. The lowest BCUT2D eigenvalue weighted by atomic mass is 10.1. The van der Waals surface area contributed by atoms with Crippen LogP contribution in [-0.2, 0) is 6.54 Å². The first-order chi connectivity index (χ1) is 8.42. The molecule has 0 aromatic carbocycles. The van der Waals surface area contributed by atoms with E-state index < -0.39 is 0 Å². The molecule has 3 heterocycles. The fourth-order valence-electron chi connectivity index (χ4n) is 2.33. The molecule has 1 N–H and O–H groups in total. The summed E-state index contributed by atoms with van der Waals surface area (Å²) in [5.74, 6) is 0. The minimum atomic E-state index is 0.596. The van der Waals surface area contributed by atoms with E-state index in [1.54, 1.807) is 11.3 Å². The van der Waals surface area contributed by atoms with Crippen LogP contribution >= 0.6 is 11.3 Å². The van der Waals surface area contributed by atoms with Gasteiger partial charge in [-0.1, -0.05) is 6.42 Å². The van der Waals surface area contributed by atoms with Crippen molar-refractivity contribution >= 4 is 11.3 Å². The summed E-state index contributed by atoms with van der Waals surface area (Å²) in [6, 6.07) is 4.82. The fraction of sp³-hybridized carbons (Fsp3) is 0.462. The van der Waals surface area contributed by atoms with Crippen LogP contribution in [0, 0.1) is 0 Å². The van der Waals surface area contributed by atoms with Gasteiger partial charge in [-0.3, -0.25) is 4.68 Å². The third-order valence-electron chi connectivity index (χ3n) is 3.28. The molecule has 0 radical (unpaired) electrons. The van der Waals surface area contributed by atoms with E-state index in [0.29, 0.717) is 6.04 Å². The van der Waals surface area contributed by atoms with E-state index in [9.17, 15) is 0 Å². The van der Waals surface area contributed by atoms with Gasteiger partial charge in [0.15, 0.2) is 0 Å². The lowest BCUT2D eigenvalue weighted by Gasteiger charge is -2.23. The highest BCUT2D eigenvalue weighted by molar-refractivity contribution is 7.08. The summed E-state index contributed by atoms with van der Waals surface area (Å²) in [6.07, 6.45) is 6.02. The maximum atomic E-state index is 4.63. The summed E-state index contributed by atoms with van der Waals surface area (Å²) in [4.78, 5) is 0. The van der Waals surface area contributed by atoms with Gasteiger partial charge < -0.3 is 5.32 Å². The third kappa shape index (κ3) is 2.58. The summed E-state index contributed by atoms with van der Waals surface area (Å²) >= 11 is 1.72. The van der Waals surface area contributed by atoms with Crippen LogP contribution < -0.4 is 5.32 Å². The van der Waals surface area contributed by atoms with Crippen molar-refractivity contribution in [3.63, 3.8) is 0 Å². The molecule has 1 atom stereocenters. The van der Waals surface area contributed by atoms with Gasteiger partial charge in [0.25, 0.3) is 0 Å². The fourth-order valence-corrected chi connectivity index (χ4v) is 2.98. The van der Waals surface area contributed by atoms with Gasteiger partial charge >= 0.3 is 0 Å². The molecular weight excluding hydrogens is 230 g/mol. The topological polar surface area (TPSA) is 29.9 Å². The van der Waals surface area contributed by atoms with Crippen LogP contribution in [-0.4, -0.2) is 22.4 Å². The normalized spacial score (nSPS) is 20.6. The first-order valence-electron chi connectivity index (χ1n) is 6.21. The summed E-state index contributed by atoms with van der Waals surface area (Å²) in [5.41, 5.74) is 2.31. The van der Waals surface area contributed by atoms with Crippen LogP contribution in [0.15, 0.2) is 29.1 Å². The average Bonchev–Trinajstić information content (AvgIpc) is 3.00. The molecule has 3 rings (SSSR count). The van der Waals surface area contributed by atoms with Crippen LogP contribution in [0.25, 0.3) is 11.3 Å². The van der Waals surface area contributed by atoms with E-state index in [2.05, 4.69) is 44.2 Å². The monoisotopic (exact) mass is 247 g/mol. The Bertz CT molecular complexity index is 455. The maximum absolute atomic E-state index is 4.63. The van der Waals surface area contributed by atoms with Crippen molar-refractivity contribution in [2.45, 2.75) is 31.8 Å². The molecule has 1 saturated heterocycles. The standard InChI is InChI=1S/C13H17N3S/c1-2-6-14-12(3-1)9-16-7-4-13(15-16)11-5-8-17-10-11/h4-5,7-8,10,12,14H,1-3,6,9H2/t12-/m1/s1. The van der Waals surface area contributed by atoms with Crippen molar-refractivity contribution in [2.24, 2.45) is 0 Å². The Hall–Kier alpha value is -1.13. The highest BCUT2D eigenvalue weighted by Gasteiger charge is 2.13. The van der Waals surface area contributed by atoms with Crippen LogP contribution in [0.2, 0.25) is 0 Å². The highest BCUT2D eigenvalue weighted by atomic mass is 32.1. The molecule has 1 aliphatic rings. The molecule has 1 aliphatic heterocycles. The Labute approximate surface area is 105 Å². The average molecular weight is 247 g/mol. The number of rotatable bonds is 3. The third-order valence-corrected chi connectivity index (χ3v) is 3.96. The predicted molar refractivity (Wildman–Crippen MR) is 71.2 cm³/mol. The van der Waals surface area contributed by atoms with Crippen molar-refractivity contribution in [3.8, 4) is 11.3 Å². The largest absolute Gasteiger partial charge is 0.312 e. The molecule has 0 aliphatic carbocycles. The number of hydrogen-bond donors (Lipinski definition) is 1. The zero-order valence-electron chi connectivity index (χ0n) is 9.80. The van der Waals surface area contributed by atoms with E-state index in [-0.39, 0.29) is 0 Å². The molecule has 4 heteroatoms. The van der Waals surface area contributed by atoms with E-state index >= 15 is 0 Å². The number of aromatic nitrogens is 2. The summed E-state index contributed by atoms with van der Waals surface area (Å²) in [6.45, 7) is 2.15. The minimum absolute atomic E-state index is 0.596. The summed E-state index contributed by atoms with van der Waals surface area (Å²) in [5, 5.41) is 12.4. The highest BCUT2D eigenvalue weighted by Crippen LogP contribution is 2.20. The Morgan fingerprint density at radius 1 is 1.41 bits per heavy atom. The molecule has 2 aromatic rings. The van der Waals surface area contributed by atoms with Gasteiger partial charge in [0, 0.05) is 23.2 Å². The number of piperidine rings is 1. The van der Waals surface area contributed by atoms with Gasteiger partial charge in [-0.2, -0.15) is 16.4 Å². The molecule has 0 bridgehead atoms. The Balaban J connectivity index is 1.68. The second-order valence-electron chi connectivity index (χ2n) is 4.58. The zero-order valence-corrected chi connectivity index (χ0v) is 10.6. The van der Waals surface area contributed by atoms with E-state index in [0.717, 1.165) is 18.8 Å². The molecule has 17 heavy (non-hydrogen) atoms. The smallest absolute Gasteiger partial charge is 0.0931 e. The molecule has 1 fully saturated rings. The minimum Gasteiger partial charge on any atom is -0.312 e. The quantitative estimate of drug-likeness (QED) is 0.904. The number of hydrogen-bond acceptors (Lipinski definition) is 3. The van der Waals surface area contributed by atoms with Gasteiger partial charge in [-0.25, -0.2) is 0 Å². The lowest BCUT2D eigenvalue weighted by molar-refractivity contribution is 0.351. The molecule has 0 unspecified atom stereocenters. The first-order valence-corrected chi connectivity index (χ1v) is 7.15. The van der Waals surface area contributed by atoms with Crippen LogP contribution in [0.3, 0.4) is 0 Å². The summed E-state index contributed by atoms with van der Waals surface area (Å²) < 4.78 is 2.07. The van der Waals surface area contributed by atoms with Crippen molar-refractivity contribution in [2.75, 3.05) is 6.54 Å². The van der Waals surface area contributed by atoms with Gasteiger partial charge in [0.2, 0.25) is 0 Å². The molecular formula is C13H17N3S. The molecule has 0 saturated carbocycles. The molecule has 3 nitrogen and oxygen atoms in total. The Morgan fingerprint density at radius 3 is 3.18 bits per heavy atom. The maximum Gasteiger partial charge on any atom is 0.0931 e. The van der Waals surface area contributed by atoms with Crippen molar-refractivity contribution < 1.29 is 0 Å². The van der Waals surface area contributed by atoms with Gasteiger partial charge in [0.1, 0.15) is 0 Å². The zero-order chi connectivity index (χ0) is 11.5. The SMILES string of the molecule is c1cc(-c2ccn(C[C@H]3CCCCN3)n2)cs1. The Kier molecular flexibility index (Phi) is 3.25. The molecule has 0 amide bonds. The summed E-state index contributed by atoms with van der Waals surface area (Å²) in [7, 11) is 0. The second kappa shape index (κ2) is 5.02. The van der Waals surface area contributed by atoms with E-state index in [1.165, 1.54) is 24.8 Å². The predicted octanol–water partition coefficient (Wildman–Crippen LogP) is 2.75. The van der Waals surface area contributed by atoms with Gasteiger partial charge in [-0.15, -0.1) is 0 Å². The van der Waals surface area contributed by atoms with Crippen LogP contribution in [0.5, 0.6) is 0 Å². The van der Waals surface area contributed by atoms with Crippen LogP contribution in [0.4, 0.5) is 0 Å². The van der Waals surface area contributed by atoms with Gasteiger partial charge in [-0.05, 0) is 36.9 Å². The second-order valence-corrected chi connectivity index (χ2v) is 5.36. The van der Waals surface area contributed by atoms with Crippen molar-refractivity contribution in [3.05, 3.63) is 29.1 Å². The Morgan fingerprint density at radius 2 is 2.41 bits per heavy atom.